The van der Waals surface area contributed by atoms with Crippen LogP contribution in [0.2, 0.25) is 0 Å². The average Bonchev–Trinajstić information content (AvgIpc) is 2.81. The normalized spacial score (nSPS) is 12.2. The number of hydroxylamine groups is 2. The third-order valence-corrected chi connectivity index (χ3v) is 6.67. The molecule has 0 radical (unpaired) electrons. The van der Waals surface area contributed by atoms with Crippen LogP contribution < -0.4 is 11.1 Å². The van der Waals surface area contributed by atoms with Gasteiger partial charge >= 0.3 is 13.6 Å². The van der Waals surface area contributed by atoms with Crippen molar-refractivity contribution in [3.05, 3.63) is 46.6 Å². The Morgan fingerprint density at radius 1 is 1.22 bits per heavy atom. The molecule has 2 aromatic rings. The highest BCUT2D eigenvalue weighted by atomic mass is 31.2. The molecule has 1 aromatic heterocycles. The lowest BCUT2D eigenvalue weighted by Gasteiger charge is -2.23. The fourth-order valence-corrected chi connectivity index (χ4v) is 4.49. The summed E-state index contributed by atoms with van der Waals surface area (Å²) in [4.78, 5) is 56.7. The number of benzene rings is 1. The summed E-state index contributed by atoms with van der Waals surface area (Å²) < 4.78 is 11.2. The summed E-state index contributed by atoms with van der Waals surface area (Å²) in [6.07, 6.45) is 2.25. The summed E-state index contributed by atoms with van der Waals surface area (Å²) in [6.45, 7) is 3.80. The van der Waals surface area contributed by atoms with Gasteiger partial charge in [0.05, 0.1) is 19.7 Å². The van der Waals surface area contributed by atoms with Gasteiger partial charge in [-0.3, -0.25) is 19.0 Å². The first-order chi connectivity index (χ1) is 17.4. The molecule has 0 saturated heterocycles. The quantitative estimate of drug-likeness (QED) is 0.166. The molecule has 6 N–H and O–H groups in total. The number of carbonyl (C=O) groups excluding carboxylic acids is 1. The van der Waals surface area contributed by atoms with Crippen molar-refractivity contribution < 1.29 is 33.9 Å². The molecular formula is C24H36N5O7P. The number of amides is 1. The largest absolute Gasteiger partial charge is 0.481 e. The summed E-state index contributed by atoms with van der Waals surface area (Å²) in [6, 6.07) is 6.55. The molecule has 0 aliphatic carbocycles. The van der Waals surface area contributed by atoms with Crippen molar-refractivity contribution in [3.8, 4) is 0 Å². The number of nitrogens with zero attached hydrogens (tertiary/aromatic N) is 3. The molecule has 1 heterocycles. The highest BCUT2D eigenvalue weighted by Crippen LogP contribution is 2.35. The lowest BCUT2D eigenvalue weighted by Crippen LogP contribution is -2.32. The molecule has 0 saturated carbocycles. The number of carbonyl (C=O) groups is 2. The Labute approximate surface area is 216 Å². The van der Waals surface area contributed by atoms with Crippen LogP contribution in [0.4, 0.5) is 11.8 Å². The number of aliphatic carboxylic acids is 1. The topological polar surface area (TPSA) is 188 Å². The maximum Gasteiger partial charge on any atom is 0.325 e. The number of nitrogens with two attached hydrogens (primary N) is 1. The SMILES string of the molecule is CCCC[C@@H](CC(=O)O)Nc1nc(N)nc(C)c1Cc1ccccc1C(=O)N(CCCP(=O)(O)O)OC. The Morgan fingerprint density at radius 2 is 1.92 bits per heavy atom. The molecule has 1 aromatic carbocycles. The number of carboxylic acids is 1. The minimum absolute atomic E-state index is 0.000110. The second-order valence-electron chi connectivity index (χ2n) is 8.74. The number of aryl methyl sites for hydroxylation is 1. The maximum absolute atomic E-state index is 13.3. The molecule has 0 aliphatic rings. The van der Waals surface area contributed by atoms with Crippen molar-refractivity contribution in [1.82, 2.24) is 15.0 Å². The summed E-state index contributed by atoms with van der Waals surface area (Å²) in [5.41, 5.74) is 8.15. The monoisotopic (exact) mass is 537 g/mol. The molecule has 0 spiro atoms. The van der Waals surface area contributed by atoms with Gasteiger partial charge in [-0.05, 0) is 31.4 Å². The predicted molar refractivity (Wildman–Crippen MR) is 139 cm³/mol. The third-order valence-electron chi connectivity index (χ3n) is 5.77. The molecule has 0 aliphatic heterocycles. The average molecular weight is 538 g/mol. The summed E-state index contributed by atoms with van der Waals surface area (Å²) in [5, 5.41) is 13.7. The van der Waals surface area contributed by atoms with Crippen LogP contribution >= 0.6 is 7.60 Å². The van der Waals surface area contributed by atoms with Crippen molar-refractivity contribution in [2.75, 3.05) is 30.9 Å². The van der Waals surface area contributed by atoms with Crippen LogP contribution in [0.25, 0.3) is 0 Å². The molecule has 204 valence electrons. The number of nitrogens with one attached hydrogen (secondary N) is 1. The van der Waals surface area contributed by atoms with E-state index in [1.165, 1.54) is 7.11 Å². The molecule has 2 rings (SSSR count). The molecular weight excluding hydrogens is 501 g/mol. The fourth-order valence-electron chi connectivity index (χ4n) is 3.93. The van der Waals surface area contributed by atoms with E-state index in [4.69, 9.17) is 20.4 Å². The molecule has 13 heteroatoms. The van der Waals surface area contributed by atoms with Gasteiger partial charge in [-0.25, -0.2) is 10.0 Å². The lowest BCUT2D eigenvalue weighted by molar-refractivity contribution is -0.137. The minimum Gasteiger partial charge on any atom is -0.481 e. The highest BCUT2D eigenvalue weighted by molar-refractivity contribution is 7.51. The van der Waals surface area contributed by atoms with Gasteiger partial charge in [-0.2, -0.15) is 4.98 Å². The van der Waals surface area contributed by atoms with E-state index in [0.29, 0.717) is 34.6 Å². The van der Waals surface area contributed by atoms with Crippen molar-refractivity contribution in [3.63, 3.8) is 0 Å². The van der Waals surface area contributed by atoms with Crippen molar-refractivity contribution in [2.24, 2.45) is 0 Å². The number of hydrogen-bond donors (Lipinski definition) is 5. The van der Waals surface area contributed by atoms with E-state index in [2.05, 4.69) is 15.3 Å². The van der Waals surface area contributed by atoms with Gasteiger partial charge in [0.2, 0.25) is 5.95 Å². The number of anilines is 2. The van der Waals surface area contributed by atoms with Crippen LogP contribution in [0.3, 0.4) is 0 Å². The van der Waals surface area contributed by atoms with Crippen LogP contribution in [0, 0.1) is 6.92 Å². The first-order valence-electron chi connectivity index (χ1n) is 12.0. The van der Waals surface area contributed by atoms with E-state index < -0.39 is 19.5 Å². The van der Waals surface area contributed by atoms with Crippen LogP contribution in [-0.4, -0.2) is 67.7 Å². The van der Waals surface area contributed by atoms with E-state index in [1.807, 2.05) is 6.92 Å². The predicted octanol–water partition coefficient (Wildman–Crippen LogP) is 2.97. The first kappa shape index (κ1) is 30.2. The summed E-state index contributed by atoms with van der Waals surface area (Å²) in [7, 11) is -2.88. The summed E-state index contributed by atoms with van der Waals surface area (Å²) in [5.74, 6) is -0.921. The Morgan fingerprint density at radius 3 is 2.54 bits per heavy atom. The Balaban J connectivity index is 2.36. The standard InChI is InChI=1S/C24H36N5O7P/c1-4-5-10-18(15-21(30)31)27-22-20(16(2)26-24(25)28-22)14-17-9-6-7-11-19(17)23(32)29(36-3)12-8-13-37(33,34)35/h6-7,9,11,18H,4-5,8,10,12-15H2,1-3H3,(H,30,31)(H2,33,34,35)(H3,25,26,27,28)/t18-/m0/s1. The van der Waals surface area contributed by atoms with Gasteiger partial charge in [0.15, 0.2) is 0 Å². The molecule has 1 amide bonds. The van der Waals surface area contributed by atoms with E-state index in [0.717, 1.165) is 17.9 Å². The van der Waals surface area contributed by atoms with Gasteiger partial charge in [0.1, 0.15) is 5.82 Å². The zero-order valence-electron chi connectivity index (χ0n) is 21.4. The van der Waals surface area contributed by atoms with E-state index in [1.54, 1.807) is 31.2 Å². The van der Waals surface area contributed by atoms with Gasteiger partial charge < -0.3 is 25.9 Å². The first-order valence-corrected chi connectivity index (χ1v) is 13.8. The van der Waals surface area contributed by atoms with Crippen LogP contribution in [-0.2, 0) is 20.6 Å². The maximum atomic E-state index is 13.3. The zero-order valence-corrected chi connectivity index (χ0v) is 22.3. The molecule has 37 heavy (non-hydrogen) atoms. The lowest BCUT2D eigenvalue weighted by atomic mass is 9.98. The second kappa shape index (κ2) is 14.0. The second-order valence-corrected chi connectivity index (χ2v) is 10.5. The van der Waals surface area contributed by atoms with Gasteiger partial charge in [-0.1, -0.05) is 38.0 Å². The Hall–Kier alpha value is -3.05. The zero-order chi connectivity index (χ0) is 27.6. The van der Waals surface area contributed by atoms with Gasteiger partial charge in [-0.15, -0.1) is 0 Å². The molecule has 12 nitrogen and oxygen atoms in total. The minimum atomic E-state index is -4.19. The molecule has 1 atom stereocenters. The van der Waals surface area contributed by atoms with Crippen LogP contribution in [0.15, 0.2) is 24.3 Å². The van der Waals surface area contributed by atoms with E-state index >= 15 is 0 Å². The number of carboxylic acid groups (broad SMARTS) is 1. The summed E-state index contributed by atoms with van der Waals surface area (Å²) >= 11 is 0. The number of hydrogen-bond acceptors (Lipinski definition) is 8. The third kappa shape index (κ3) is 9.73. The molecule has 0 fully saturated rings. The smallest absolute Gasteiger partial charge is 0.325 e. The van der Waals surface area contributed by atoms with E-state index in [-0.39, 0.29) is 44.0 Å². The Bertz CT molecular complexity index is 1120. The van der Waals surface area contributed by atoms with Crippen molar-refractivity contribution >= 4 is 31.2 Å². The number of rotatable bonds is 15. The van der Waals surface area contributed by atoms with Crippen LogP contribution in [0.5, 0.6) is 0 Å². The number of nitrogen functional groups attached to an aromatic ring is 1. The molecule has 0 unspecified atom stereocenters. The fraction of sp³-hybridized carbons (Fsp3) is 0.500. The van der Waals surface area contributed by atoms with Crippen molar-refractivity contribution in [2.45, 2.75) is 58.4 Å². The van der Waals surface area contributed by atoms with E-state index in [9.17, 15) is 19.3 Å². The van der Waals surface area contributed by atoms with Gasteiger partial charge in [0, 0.05) is 35.8 Å². The highest BCUT2D eigenvalue weighted by Gasteiger charge is 2.23. The molecule has 0 bridgehead atoms. The Kier molecular flexibility index (Phi) is 11.4. The van der Waals surface area contributed by atoms with Gasteiger partial charge in [0.25, 0.3) is 5.91 Å². The number of unbranched alkanes of at least 4 members (excludes halogenated alkanes) is 1. The van der Waals surface area contributed by atoms with Crippen molar-refractivity contribution in [1.29, 1.82) is 0 Å². The van der Waals surface area contributed by atoms with Crippen LogP contribution in [0.1, 0.15) is 66.2 Å². The number of aromatic nitrogens is 2.